The highest BCUT2D eigenvalue weighted by Gasteiger charge is 2.31. The maximum absolute atomic E-state index is 13.5. The Morgan fingerprint density at radius 3 is 2.76 bits per heavy atom. The van der Waals surface area contributed by atoms with Crippen molar-refractivity contribution < 1.29 is 22.3 Å². The number of halogens is 1. The monoisotopic (exact) mass is 315 g/mol. The Labute approximate surface area is 123 Å². The standard InChI is InChI=1S/C14H18FNO4S/c1-2-12(20-13-6-4-3-5-11(13)15)14(17)16-10-7-8-21(18,19)9-10/h3-6,10,12H,2,7-9H2,1H3,(H,16,17). The first-order valence-electron chi connectivity index (χ1n) is 6.83. The molecule has 0 bridgehead atoms. The smallest absolute Gasteiger partial charge is 0.261 e. The van der Waals surface area contributed by atoms with Crippen LogP contribution in [-0.2, 0) is 14.6 Å². The van der Waals surface area contributed by atoms with E-state index in [1.807, 2.05) is 0 Å². The molecule has 1 aliphatic heterocycles. The zero-order valence-electron chi connectivity index (χ0n) is 11.7. The molecular weight excluding hydrogens is 297 g/mol. The van der Waals surface area contributed by atoms with E-state index in [-0.39, 0.29) is 23.3 Å². The largest absolute Gasteiger partial charge is 0.478 e. The van der Waals surface area contributed by atoms with Gasteiger partial charge in [0.1, 0.15) is 0 Å². The third kappa shape index (κ3) is 4.17. The van der Waals surface area contributed by atoms with E-state index in [0.29, 0.717) is 12.8 Å². The first-order valence-corrected chi connectivity index (χ1v) is 8.65. The third-order valence-electron chi connectivity index (χ3n) is 3.35. The number of hydrogen-bond donors (Lipinski definition) is 1. The van der Waals surface area contributed by atoms with Crippen molar-refractivity contribution in [3.05, 3.63) is 30.1 Å². The van der Waals surface area contributed by atoms with Gasteiger partial charge in [0.15, 0.2) is 27.5 Å². The van der Waals surface area contributed by atoms with E-state index >= 15 is 0 Å². The summed E-state index contributed by atoms with van der Waals surface area (Å²) < 4.78 is 41.6. The van der Waals surface area contributed by atoms with Crippen molar-refractivity contribution >= 4 is 15.7 Å². The van der Waals surface area contributed by atoms with Crippen LogP contribution in [0.25, 0.3) is 0 Å². The van der Waals surface area contributed by atoms with Crippen LogP contribution in [0.2, 0.25) is 0 Å². The summed E-state index contributed by atoms with van der Waals surface area (Å²) in [4.78, 5) is 12.1. The number of rotatable bonds is 5. The Balaban J connectivity index is 1.98. The minimum absolute atomic E-state index is 0.0125. The zero-order chi connectivity index (χ0) is 15.5. The summed E-state index contributed by atoms with van der Waals surface area (Å²) in [5.74, 6) is -0.897. The number of hydrogen-bond acceptors (Lipinski definition) is 4. The number of ether oxygens (including phenoxy) is 1. The van der Waals surface area contributed by atoms with Gasteiger partial charge in [-0.15, -0.1) is 0 Å². The highest BCUT2D eigenvalue weighted by molar-refractivity contribution is 7.91. The molecule has 1 aliphatic rings. The molecule has 0 saturated carbocycles. The quantitative estimate of drug-likeness (QED) is 0.888. The van der Waals surface area contributed by atoms with Gasteiger partial charge in [0.05, 0.1) is 11.5 Å². The van der Waals surface area contributed by atoms with Crippen molar-refractivity contribution in [3.8, 4) is 5.75 Å². The van der Waals surface area contributed by atoms with E-state index in [2.05, 4.69) is 5.32 Å². The highest BCUT2D eigenvalue weighted by Crippen LogP contribution is 2.18. The summed E-state index contributed by atoms with van der Waals surface area (Å²) in [5.41, 5.74) is 0. The Hall–Kier alpha value is -1.63. The van der Waals surface area contributed by atoms with E-state index < -0.39 is 27.7 Å². The van der Waals surface area contributed by atoms with Gasteiger partial charge in [-0.2, -0.15) is 0 Å². The summed E-state index contributed by atoms with van der Waals surface area (Å²) >= 11 is 0. The maximum atomic E-state index is 13.5. The highest BCUT2D eigenvalue weighted by atomic mass is 32.2. The van der Waals surface area contributed by atoms with Crippen molar-refractivity contribution in [2.45, 2.75) is 31.9 Å². The van der Waals surface area contributed by atoms with Gasteiger partial charge in [0.25, 0.3) is 5.91 Å². The average molecular weight is 315 g/mol. The van der Waals surface area contributed by atoms with Crippen LogP contribution in [0.1, 0.15) is 19.8 Å². The van der Waals surface area contributed by atoms with Gasteiger partial charge in [-0.25, -0.2) is 12.8 Å². The lowest BCUT2D eigenvalue weighted by Gasteiger charge is -2.19. The average Bonchev–Trinajstić information content (AvgIpc) is 2.77. The molecule has 2 rings (SSSR count). The molecule has 1 aromatic carbocycles. The van der Waals surface area contributed by atoms with Crippen molar-refractivity contribution in [3.63, 3.8) is 0 Å². The van der Waals surface area contributed by atoms with Crippen LogP contribution in [0.15, 0.2) is 24.3 Å². The summed E-state index contributed by atoms with van der Waals surface area (Å²) in [6, 6.07) is 5.47. The number of carbonyl (C=O) groups is 1. The van der Waals surface area contributed by atoms with Crippen LogP contribution in [-0.4, -0.2) is 38.0 Å². The molecule has 1 aromatic rings. The predicted molar refractivity (Wildman–Crippen MR) is 76.3 cm³/mol. The Morgan fingerprint density at radius 1 is 1.48 bits per heavy atom. The van der Waals surface area contributed by atoms with Crippen molar-refractivity contribution in [2.75, 3.05) is 11.5 Å². The Kier molecular flexibility index (Phi) is 4.82. The molecule has 2 unspecified atom stereocenters. The lowest BCUT2D eigenvalue weighted by molar-refractivity contribution is -0.128. The number of nitrogens with one attached hydrogen (secondary N) is 1. The number of sulfone groups is 1. The summed E-state index contributed by atoms with van der Waals surface area (Å²) in [6.07, 6.45) is -0.0747. The lowest BCUT2D eigenvalue weighted by atomic mass is 10.2. The van der Waals surface area contributed by atoms with Crippen LogP contribution >= 0.6 is 0 Å². The van der Waals surface area contributed by atoms with Crippen molar-refractivity contribution in [1.82, 2.24) is 5.32 Å². The minimum atomic E-state index is -3.05. The fourth-order valence-electron chi connectivity index (χ4n) is 2.22. The fraction of sp³-hybridized carbons (Fsp3) is 0.500. The lowest BCUT2D eigenvalue weighted by Crippen LogP contribution is -2.44. The van der Waals surface area contributed by atoms with E-state index in [0.717, 1.165) is 0 Å². The molecule has 0 aliphatic carbocycles. The van der Waals surface area contributed by atoms with Gasteiger partial charge in [-0.05, 0) is 25.0 Å². The normalized spacial score (nSPS) is 21.7. The first-order chi connectivity index (χ1) is 9.91. The molecule has 1 fully saturated rings. The number of para-hydroxylation sites is 1. The fourth-order valence-corrected chi connectivity index (χ4v) is 3.89. The SMILES string of the molecule is CCC(Oc1ccccc1F)C(=O)NC1CCS(=O)(=O)C1. The van der Waals surface area contributed by atoms with Crippen LogP contribution in [0, 0.1) is 5.82 Å². The summed E-state index contributed by atoms with van der Waals surface area (Å²) in [6.45, 7) is 1.75. The van der Waals surface area contributed by atoms with Crippen LogP contribution in [0.3, 0.4) is 0 Å². The predicted octanol–water partition coefficient (Wildman–Crippen LogP) is 1.29. The second-order valence-corrected chi connectivity index (χ2v) is 7.28. The van der Waals surface area contributed by atoms with Gasteiger partial charge in [-0.3, -0.25) is 4.79 Å². The van der Waals surface area contributed by atoms with Crippen LogP contribution in [0.4, 0.5) is 4.39 Å². The van der Waals surface area contributed by atoms with E-state index in [1.54, 1.807) is 13.0 Å². The van der Waals surface area contributed by atoms with E-state index in [1.165, 1.54) is 18.2 Å². The van der Waals surface area contributed by atoms with Crippen molar-refractivity contribution in [1.29, 1.82) is 0 Å². The summed E-state index contributed by atoms with van der Waals surface area (Å²) in [7, 11) is -3.05. The molecule has 0 spiro atoms. The second kappa shape index (κ2) is 6.43. The van der Waals surface area contributed by atoms with Gasteiger partial charge in [0.2, 0.25) is 0 Å². The maximum Gasteiger partial charge on any atom is 0.261 e. The molecule has 1 N–H and O–H groups in total. The van der Waals surface area contributed by atoms with Gasteiger partial charge in [-0.1, -0.05) is 19.1 Å². The molecule has 2 atom stereocenters. The Bertz CT molecular complexity index is 617. The van der Waals surface area contributed by atoms with Gasteiger partial charge >= 0.3 is 0 Å². The van der Waals surface area contributed by atoms with E-state index in [9.17, 15) is 17.6 Å². The number of benzene rings is 1. The summed E-state index contributed by atoms with van der Waals surface area (Å²) in [5, 5.41) is 2.66. The number of amides is 1. The van der Waals surface area contributed by atoms with Crippen molar-refractivity contribution in [2.24, 2.45) is 0 Å². The molecule has 5 nitrogen and oxygen atoms in total. The first kappa shape index (κ1) is 15.8. The molecule has 7 heteroatoms. The topological polar surface area (TPSA) is 72.5 Å². The van der Waals surface area contributed by atoms with Crippen LogP contribution in [0.5, 0.6) is 5.75 Å². The molecule has 0 aromatic heterocycles. The van der Waals surface area contributed by atoms with E-state index in [4.69, 9.17) is 4.74 Å². The van der Waals surface area contributed by atoms with Gasteiger partial charge in [0, 0.05) is 6.04 Å². The molecule has 116 valence electrons. The molecule has 0 radical (unpaired) electrons. The molecule has 1 amide bonds. The second-order valence-electron chi connectivity index (χ2n) is 5.05. The number of carbonyl (C=O) groups excluding carboxylic acids is 1. The minimum Gasteiger partial charge on any atom is -0.478 e. The third-order valence-corrected chi connectivity index (χ3v) is 5.12. The zero-order valence-corrected chi connectivity index (χ0v) is 12.5. The molecule has 1 saturated heterocycles. The molecule has 1 heterocycles. The molecular formula is C14H18FNO4S. The van der Waals surface area contributed by atoms with Crippen LogP contribution < -0.4 is 10.1 Å². The Morgan fingerprint density at radius 2 is 2.19 bits per heavy atom. The molecule has 21 heavy (non-hydrogen) atoms. The van der Waals surface area contributed by atoms with Gasteiger partial charge < -0.3 is 10.1 Å².